The highest BCUT2D eigenvalue weighted by atomic mass is 19.1. The average molecular weight is 274 g/mol. The summed E-state index contributed by atoms with van der Waals surface area (Å²) < 4.78 is 22.6. The van der Waals surface area contributed by atoms with Crippen LogP contribution in [0.2, 0.25) is 0 Å². The van der Waals surface area contributed by atoms with E-state index in [0.717, 1.165) is 6.07 Å². The summed E-state index contributed by atoms with van der Waals surface area (Å²) >= 11 is 0. The van der Waals surface area contributed by atoms with Gasteiger partial charge in [0.2, 0.25) is 5.76 Å². The molecular weight excluding hydrogens is 263 g/mol. The molecule has 0 aliphatic carbocycles. The van der Waals surface area contributed by atoms with Crippen molar-refractivity contribution in [3.8, 4) is 0 Å². The Balaban J connectivity index is 2.11. The number of ketones is 1. The van der Waals surface area contributed by atoms with Crippen LogP contribution in [-0.2, 0) is 4.74 Å². The molecule has 102 valence electrons. The Morgan fingerprint density at radius 2 is 2.05 bits per heavy atom. The average Bonchev–Trinajstić information content (AvgIpc) is 2.92. The third-order valence-corrected chi connectivity index (χ3v) is 2.52. The fraction of sp³-hybridized carbons (Fsp3) is 0.0667. The summed E-state index contributed by atoms with van der Waals surface area (Å²) in [6.45, 7) is 0. The van der Waals surface area contributed by atoms with E-state index in [4.69, 9.17) is 4.42 Å². The maximum absolute atomic E-state index is 13.0. The molecule has 2 rings (SSSR count). The Kier molecular flexibility index (Phi) is 4.10. The van der Waals surface area contributed by atoms with E-state index in [-0.39, 0.29) is 17.1 Å². The van der Waals surface area contributed by atoms with Gasteiger partial charge in [0.1, 0.15) is 11.6 Å². The highest BCUT2D eigenvalue weighted by Crippen LogP contribution is 2.12. The van der Waals surface area contributed by atoms with Crippen molar-refractivity contribution in [3.63, 3.8) is 0 Å². The molecule has 0 saturated heterocycles. The van der Waals surface area contributed by atoms with Crippen molar-refractivity contribution in [1.29, 1.82) is 0 Å². The Morgan fingerprint density at radius 1 is 1.25 bits per heavy atom. The number of benzene rings is 1. The van der Waals surface area contributed by atoms with Gasteiger partial charge in [0, 0.05) is 5.56 Å². The van der Waals surface area contributed by atoms with Crippen LogP contribution in [0, 0.1) is 5.82 Å². The third kappa shape index (κ3) is 3.20. The van der Waals surface area contributed by atoms with E-state index in [2.05, 4.69) is 4.74 Å². The van der Waals surface area contributed by atoms with Gasteiger partial charge in [-0.05, 0) is 36.4 Å². The number of allylic oxidation sites excluding steroid dienone is 1. The lowest BCUT2D eigenvalue weighted by Crippen LogP contribution is -1.98. The number of esters is 1. The van der Waals surface area contributed by atoms with E-state index in [1.54, 1.807) is 0 Å². The maximum atomic E-state index is 13.0. The largest absolute Gasteiger partial charge is 0.463 e. The Morgan fingerprint density at radius 3 is 2.75 bits per heavy atom. The highest BCUT2D eigenvalue weighted by molar-refractivity contribution is 6.06. The van der Waals surface area contributed by atoms with Crippen LogP contribution in [0.3, 0.4) is 0 Å². The number of hydrogen-bond donors (Lipinski definition) is 0. The molecule has 0 N–H and O–H groups in total. The first-order chi connectivity index (χ1) is 9.60. The van der Waals surface area contributed by atoms with Gasteiger partial charge in [0.05, 0.1) is 7.11 Å². The summed E-state index contributed by atoms with van der Waals surface area (Å²) in [5.74, 6) is -1.06. The van der Waals surface area contributed by atoms with Crippen LogP contribution in [0.5, 0.6) is 0 Å². The van der Waals surface area contributed by atoms with Gasteiger partial charge < -0.3 is 9.15 Å². The molecule has 1 heterocycles. The molecule has 1 aromatic carbocycles. The van der Waals surface area contributed by atoms with Crippen molar-refractivity contribution < 1.29 is 23.1 Å². The molecule has 2 aromatic rings. The van der Waals surface area contributed by atoms with Crippen LogP contribution in [-0.4, -0.2) is 18.9 Å². The lowest BCUT2D eigenvalue weighted by Gasteiger charge is -1.95. The predicted octanol–water partition coefficient (Wildman–Crippen LogP) is 3.10. The molecule has 0 radical (unpaired) electrons. The lowest BCUT2D eigenvalue weighted by atomic mass is 10.1. The van der Waals surface area contributed by atoms with Gasteiger partial charge in [0.25, 0.3) is 0 Å². The molecule has 0 spiro atoms. The second kappa shape index (κ2) is 5.97. The molecule has 0 atom stereocenters. The third-order valence-electron chi connectivity index (χ3n) is 2.52. The molecule has 0 aliphatic rings. The molecule has 4 nitrogen and oxygen atoms in total. The second-order valence-electron chi connectivity index (χ2n) is 3.90. The van der Waals surface area contributed by atoms with E-state index < -0.39 is 11.8 Å². The minimum atomic E-state index is -0.596. The summed E-state index contributed by atoms with van der Waals surface area (Å²) in [5, 5.41) is 0. The summed E-state index contributed by atoms with van der Waals surface area (Å²) in [5.41, 5.74) is 0.237. The van der Waals surface area contributed by atoms with E-state index in [1.807, 2.05) is 0 Å². The molecule has 1 aromatic heterocycles. The monoisotopic (exact) mass is 274 g/mol. The van der Waals surface area contributed by atoms with Gasteiger partial charge in [-0.15, -0.1) is 0 Å². The standard InChI is InChI=1S/C15H11FO4/c1-19-15(18)14-8-6-12(20-14)5-7-13(17)10-3-2-4-11(16)9-10/h2-9H,1H3/b7-5-. The molecule has 0 amide bonds. The Hall–Kier alpha value is -2.69. The van der Waals surface area contributed by atoms with Gasteiger partial charge >= 0.3 is 5.97 Å². The number of carbonyl (C=O) groups is 2. The van der Waals surface area contributed by atoms with Crippen LogP contribution in [0.4, 0.5) is 4.39 Å². The number of methoxy groups -OCH3 is 1. The number of rotatable bonds is 4. The van der Waals surface area contributed by atoms with Crippen LogP contribution in [0.15, 0.2) is 46.9 Å². The number of furan rings is 1. The van der Waals surface area contributed by atoms with Crippen LogP contribution < -0.4 is 0 Å². The van der Waals surface area contributed by atoms with Crippen molar-refractivity contribution in [1.82, 2.24) is 0 Å². The van der Waals surface area contributed by atoms with E-state index in [1.165, 1.54) is 49.6 Å². The summed E-state index contributed by atoms with van der Waals surface area (Å²) in [4.78, 5) is 23.0. The van der Waals surface area contributed by atoms with Gasteiger partial charge in [-0.1, -0.05) is 12.1 Å². The molecule has 20 heavy (non-hydrogen) atoms. The van der Waals surface area contributed by atoms with E-state index >= 15 is 0 Å². The zero-order valence-electron chi connectivity index (χ0n) is 10.6. The van der Waals surface area contributed by atoms with Crippen LogP contribution in [0.25, 0.3) is 6.08 Å². The number of hydrogen-bond acceptors (Lipinski definition) is 4. The molecular formula is C15H11FO4. The quantitative estimate of drug-likeness (QED) is 0.488. The Bertz CT molecular complexity index is 670. The second-order valence-corrected chi connectivity index (χ2v) is 3.90. The van der Waals surface area contributed by atoms with Crippen molar-refractivity contribution in [2.24, 2.45) is 0 Å². The van der Waals surface area contributed by atoms with E-state index in [9.17, 15) is 14.0 Å². The molecule has 0 bridgehead atoms. The summed E-state index contributed by atoms with van der Waals surface area (Å²) in [6.07, 6.45) is 2.65. The summed E-state index contributed by atoms with van der Waals surface area (Å²) in [6, 6.07) is 8.35. The van der Waals surface area contributed by atoms with Crippen molar-refractivity contribution in [2.45, 2.75) is 0 Å². The van der Waals surface area contributed by atoms with E-state index in [0.29, 0.717) is 5.76 Å². The zero-order chi connectivity index (χ0) is 14.5. The van der Waals surface area contributed by atoms with Gasteiger partial charge in [-0.2, -0.15) is 0 Å². The smallest absolute Gasteiger partial charge is 0.373 e. The fourth-order valence-electron chi connectivity index (χ4n) is 1.55. The first-order valence-electron chi connectivity index (χ1n) is 5.76. The lowest BCUT2D eigenvalue weighted by molar-refractivity contribution is 0.0564. The molecule has 0 unspecified atom stereocenters. The van der Waals surface area contributed by atoms with Gasteiger partial charge in [-0.25, -0.2) is 9.18 Å². The molecule has 0 fully saturated rings. The minimum Gasteiger partial charge on any atom is -0.463 e. The minimum absolute atomic E-state index is 0.0466. The predicted molar refractivity (Wildman–Crippen MR) is 69.8 cm³/mol. The van der Waals surface area contributed by atoms with Crippen molar-refractivity contribution in [2.75, 3.05) is 7.11 Å². The maximum Gasteiger partial charge on any atom is 0.373 e. The van der Waals surface area contributed by atoms with Crippen molar-refractivity contribution in [3.05, 3.63) is 65.4 Å². The SMILES string of the molecule is COC(=O)c1ccc(/C=C\C(=O)c2cccc(F)c2)o1. The highest BCUT2D eigenvalue weighted by Gasteiger charge is 2.10. The normalized spacial score (nSPS) is 10.7. The first kappa shape index (κ1) is 13.7. The van der Waals surface area contributed by atoms with Crippen LogP contribution >= 0.6 is 0 Å². The molecule has 5 heteroatoms. The van der Waals surface area contributed by atoms with Crippen molar-refractivity contribution >= 4 is 17.8 Å². The first-order valence-corrected chi connectivity index (χ1v) is 5.76. The van der Waals surface area contributed by atoms with Crippen LogP contribution in [0.1, 0.15) is 26.7 Å². The fourth-order valence-corrected chi connectivity index (χ4v) is 1.55. The molecule has 0 saturated carbocycles. The summed E-state index contributed by atoms with van der Waals surface area (Å²) in [7, 11) is 1.24. The van der Waals surface area contributed by atoms with Gasteiger partial charge in [0.15, 0.2) is 5.78 Å². The number of ether oxygens (including phenoxy) is 1. The van der Waals surface area contributed by atoms with Gasteiger partial charge in [-0.3, -0.25) is 4.79 Å². The Labute approximate surface area is 114 Å². The topological polar surface area (TPSA) is 56.5 Å². The number of carbonyl (C=O) groups excluding carboxylic acids is 2. The zero-order valence-corrected chi connectivity index (χ0v) is 10.6. The molecule has 0 aliphatic heterocycles. The number of halogens is 1.